The molecule has 0 radical (unpaired) electrons. The number of nitrogens with zero attached hydrogens (tertiary/aromatic N) is 2. The minimum Gasteiger partial charge on any atom is -0.495 e. The van der Waals surface area contributed by atoms with Crippen LogP contribution in [-0.2, 0) is 6.54 Å². The Balaban J connectivity index is 1.62. The number of amides is 2. The van der Waals surface area contributed by atoms with Gasteiger partial charge in [0.25, 0.3) is 0 Å². The second-order valence-electron chi connectivity index (χ2n) is 6.25. The Morgan fingerprint density at radius 1 is 1.11 bits per heavy atom. The number of carbonyl (C=O) groups is 1. The highest BCUT2D eigenvalue weighted by Gasteiger charge is 2.16. The summed E-state index contributed by atoms with van der Waals surface area (Å²) in [6, 6.07) is 16.9. The zero-order valence-corrected chi connectivity index (χ0v) is 15.1. The first-order valence-corrected chi connectivity index (χ1v) is 8.57. The van der Waals surface area contributed by atoms with Crippen LogP contribution >= 0.6 is 0 Å². The summed E-state index contributed by atoms with van der Waals surface area (Å²) in [6.07, 6.45) is 1.71. The number of fused-ring (bicyclic) bond motifs is 3. The van der Waals surface area contributed by atoms with Crippen molar-refractivity contribution >= 4 is 33.7 Å². The fourth-order valence-corrected chi connectivity index (χ4v) is 3.04. The Labute approximate surface area is 156 Å². The van der Waals surface area contributed by atoms with Crippen molar-refractivity contribution in [2.45, 2.75) is 6.54 Å². The first-order chi connectivity index (χ1) is 13.2. The van der Waals surface area contributed by atoms with Crippen LogP contribution in [0, 0.1) is 0 Å². The molecule has 27 heavy (non-hydrogen) atoms. The Hall–Kier alpha value is -3.54. The number of nitrogens with one attached hydrogen (secondary N) is 1. The molecule has 6 heteroatoms. The predicted molar refractivity (Wildman–Crippen MR) is 105 cm³/mol. The van der Waals surface area contributed by atoms with Crippen LogP contribution in [0.25, 0.3) is 21.9 Å². The summed E-state index contributed by atoms with van der Waals surface area (Å²) in [5, 5.41) is 4.85. The van der Waals surface area contributed by atoms with E-state index in [0.717, 1.165) is 22.0 Å². The summed E-state index contributed by atoms with van der Waals surface area (Å²) in [6.45, 7) is 0.405. The summed E-state index contributed by atoms with van der Waals surface area (Å²) in [7, 11) is 3.30. The van der Waals surface area contributed by atoms with Crippen LogP contribution in [0.3, 0.4) is 0 Å². The lowest BCUT2D eigenvalue weighted by molar-refractivity contribution is 0.220. The van der Waals surface area contributed by atoms with E-state index < -0.39 is 0 Å². The molecule has 4 aromatic rings. The van der Waals surface area contributed by atoms with E-state index in [2.05, 4.69) is 10.3 Å². The summed E-state index contributed by atoms with van der Waals surface area (Å²) in [4.78, 5) is 18.4. The van der Waals surface area contributed by atoms with Gasteiger partial charge in [0.15, 0.2) is 0 Å². The summed E-state index contributed by atoms with van der Waals surface area (Å²) < 4.78 is 11.4. The number of methoxy groups -OCH3 is 1. The standard InChI is InChI=1S/C21H19N3O3/c1-24(13-14-7-5-6-10-22-14)21(25)23-17-12-19-16(11-20(17)26-2)15-8-3-4-9-18(15)27-19/h3-12H,13H2,1-2H3,(H,23,25). The van der Waals surface area contributed by atoms with Crippen LogP contribution in [0.5, 0.6) is 5.75 Å². The zero-order valence-electron chi connectivity index (χ0n) is 15.1. The number of pyridine rings is 1. The van der Waals surface area contributed by atoms with Crippen molar-refractivity contribution in [3.05, 3.63) is 66.5 Å². The molecule has 0 aliphatic heterocycles. The molecule has 0 aliphatic carbocycles. The molecule has 2 aromatic heterocycles. The number of benzene rings is 2. The maximum absolute atomic E-state index is 12.6. The molecule has 0 bridgehead atoms. The Bertz CT molecular complexity index is 1110. The van der Waals surface area contributed by atoms with Crippen LogP contribution in [0.15, 0.2) is 65.2 Å². The van der Waals surface area contributed by atoms with Crippen molar-refractivity contribution in [3.8, 4) is 5.75 Å². The molecule has 0 unspecified atom stereocenters. The molecule has 0 saturated carbocycles. The smallest absolute Gasteiger partial charge is 0.322 e. The number of aromatic nitrogens is 1. The summed E-state index contributed by atoms with van der Waals surface area (Å²) in [5.74, 6) is 0.577. The maximum Gasteiger partial charge on any atom is 0.322 e. The van der Waals surface area contributed by atoms with Crippen molar-refractivity contribution in [1.29, 1.82) is 0 Å². The van der Waals surface area contributed by atoms with E-state index in [9.17, 15) is 4.79 Å². The SMILES string of the molecule is COc1cc2c(cc1NC(=O)N(C)Cc1ccccn1)oc1ccccc12. The highest BCUT2D eigenvalue weighted by Crippen LogP contribution is 2.36. The number of furan rings is 1. The molecule has 0 spiro atoms. The molecule has 2 amide bonds. The largest absolute Gasteiger partial charge is 0.495 e. The minimum atomic E-state index is -0.255. The van der Waals surface area contributed by atoms with Gasteiger partial charge < -0.3 is 19.4 Å². The van der Waals surface area contributed by atoms with Crippen LogP contribution < -0.4 is 10.1 Å². The fourth-order valence-electron chi connectivity index (χ4n) is 3.04. The Morgan fingerprint density at radius 3 is 2.70 bits per heavy atom. The monoisotopic (exact) mass is 361 g/mol. The molecule has 1 N–H and O–H groups in total. The van der Waals surface area contributed by atoms with Crippen molar-refractivity contribution in [2.75, 3.05) is 19.5 Å². The number of ether oxygens (including phenoxy) is 1. The molecular weight excluding hydrogens is 342 g/mol. The van der Waals surface area contributed by atoms with Gasteiger partial charge in [-0.15, -0.1) is 0 Å². The third-order valence-electron chi connectivity index (χ3n) is 4.41. The fraction of sp³-hybridized carbons (Fsp3) is 0.143. The third-order valence-corrected chi connectivity index (χ3v) is 4.41. The average molecular weight is 361 g/mol. The minimum absolute atomic E-state index is 0.255. The predicted octanol–water partition coefficient (Wildman–Crippen LogP) is 4.65. The molecule has 0 atom stereocenters. The second-order valence-corrected chi connectivity index (χ2v) is 6.25. The Kier molecular flexibility index (Phi) is 4.38. The maximum atomic E-state index is 12.6. The lowest BCUT2D eigenvalue weighted by atomic mass is 10.1. The molecule has 0 aliphatic rings. The van der Waals surface area contributed by atoms with Gasteiger partial charge >= 0.3 is 6.03 Å². The van der Waals surface area contributed by atoms with Crippen molar-refractivity contribution in [1.82, 2.24) is 9.88 Å². The van der Waals surface area contributed by atoms with Crippen LogP contribution in [0.1, 0.15) is 5.69 Å². The van der Waals surface area contributed by atoms with Gasteiger partial charge in [-0.2, -0.15) is 0 Å². The van der Waals surface area contributed by atoms with Crippen molar-refractivity contribution in [2.24, 2.45) is 0 Å². The number of hydrogen-bond acceptors (Lipinski definition) is 4. The van der Waals surface area contributed by atoms with Gasteiger partial charge in [-0.1, -0.05) is 24.3 Å². The highest BCUT2D eigenvalue weighted by molar-refractivity contribution is 6.07. The number of rotatable bonds is 4. The molecule has 136 valence electrons. The van der Waals surface area contributed by atoms with Gasteiger partial charge in [-0.25, -0.2) is 4.79 Å². The van der Waals surface area contributed by atoms with Crippen molar-refractivity contribution in [3.63, 3.8) is 0 Å². The topological polar surface area (TPSA) is 67.6 Å². The first-order valence-electron chi connectivity index (χ1n) is 8.57. The number of carbonyl (C=O) groups excluding carboxylic acids is 1. The molecule has 0 fully saturated rings. The number of anilines is 1. The lowest BCUT2D eigenvalue weighted by Gasteiger charge is -2.18. The quantitative estimate of drug-likeness (QED) is 0.574. The molecule has 0 saturated heterocycles. The van der Waals surface area contributed by atoms with E-state index in [1.165, 1.54) is 0 Å². The lowest BCUT2D eigenvalue weighted by Crippen LogP contribution is -2.31. The van der Waals surface area contributed by atoms with E-state index in [-0.39, 0.29) is 6.03 Å². The molecule has 2 aromatic carbocycles. The second kappa shape index (κ2) is 6.99. The van der Waals surface area contributed by atoms with Gasteiger partial charge in [-0.05, 0) is 24.3 Å². The van der Waals surface area contributed by atoms with E-state index in [4.69, 9.17) is 9.15 Å². The highest BCUT2D eigenvalue weighted by atomic mass is 16.5. The van der Waals surface area contributed by atoms with Gasteiger partial charge in [0, 0.05) is 30.1 Å². The normalized spacial score (nSPS) is 10.9. The molecule has 6 nitrogen and oxygen atoms in total. The number of hydrogen-bond donors (Lipinski definition) is 1. The first kappa shape index (κ1) is 16.9. The van der Waals surface area contributed by atoms with Gasteiger partial charge in [0.05, 0.1) is 25.0 Å². The number of urea groups is 1. The van der Waals surface area contributed by atoms with Crippen molar-refractivity contribution < 1.29 is 13.9 Å². The average Bonchev–Trinajstić information content (AvgIpc) is 3.05. The Morgan fingerprint density at radius 2 is 1.93 bits per heavy atom. The summed E-state index contributed by atoms with van der Waals surface area (Å²) in [5.41, 5.74) is 2.86. The van der Waals surface area contributed by atoms with E-state index in [0.29, 0.717) is 23.6 Å². The summed E-state index contributed by atoms with van der Waals surface area (Å²) >= 11 is 0. The third kappa shape index (κ3) is 3.29. The van der Waals surface area contributed by atoms with Gasteiger partial charge in [0.2, 0.25) is 0 Å². The molecule has 2 heterocycles. The van der Waals surface area contributed by atoms with E-state index >= 15 is 0 Å². The van der Waals surface area contributed by atoms with E-state index in [1.807, 2.05) is 48.5 Å². The van der Waals surface area contributed by atoms with Crippen LogP contribution in [-0.4, -0.2) is 30.1 Å². The number of para-hydroxylation sites is 1. The van der Waals surface area contributed by atoms with Crippen LogP contribution in [0.2, 0.25) is 0 Å². The van der Waals surface area contributed by atoms with E-state index in [1.54, 1.807) is 31.3 Å². The van der Waals surface area contributed by atoms with Gasteiger partial charge in [0.1, 0.15) is 16.9 Å². The molecule has 4 rings (SSSR count). The van der Waals surface area contributed by atoms with Gasteiger partial charge in [-0.3, -0.25) is 4.98 Å². The zero-order chi connectivity index (χ0) is 18.8. The molecular formula is C21H19N3O3. The van der Waals surface area contributed by atoms with Crippen LogP contribution in [0.4, 0.5) is 10.5 Å².